The van der Waals surface area contributed by atoms with Crippen molar-refractivity contribution < 1.29 is 27.4 Å². The van der Waals surface area contributed by atoms with Gasteiger partial charge in [-0.05, 0) is 33.6 Å². The first-order chi connectivity index (χ1) is 18.2. The van der Waals surface area contributed by atoms with E-state index >= 15 is 0 Å². The van der Waals surface area contributed by atoms with Crippen LogP contribution in [-0.2, 0) is 19.5 Å². The molecule has 0 aliphatic carbocycles. The van der Waals surface area contributed by atoms with Crippen molar-refractivity contribution in [1.29, 1.82) is 0 Å². The fraction of sp³-hybridized carbons (Fsp3) is 0.545. The van der Waals surface area contributed by atoms with Gasteiger partial charge < -0.3 is 18.9 Å². The molecule has 38 heavy (non-hydrogen) atoms. The Balaban J connectivity index is 1.78. The zero-order chi connectivity index (χ0) is 27.4. The molecule has 0 bridgehead atoms. The van der Waals surface area contributed by atoms with E-state index in [0.717, 1.165) is 6.42 Å². The van der Waals surface area contributed by atoms with Gasteiger partial charge in [-0.25, -0.2) is 18.4 Å². The first kappa shape index (κ1) is 27.9. The number of aromatic nitrogens is 7. The number of nitrogens with one attached hydrogen (secondary N) is 1. The van der Waals surface area contributed by atoms with Crippen LogP contribution in [0.2, 0.25) is 5.02 Å². The standard InChI is InChI=1S/C22H29ClN8O6S/c1-12(2)37-17(18-24-9-14(23)10-25-18)13(3)38(32,33)30-22-29-28-19(15-7-6-8-36-15)31(22)16-20(34-4)26-11-27-21(16)35-5/h9-13,15,17H,6-8H2,1-5H3,(H,29,30)/t13-,15-,17+/m0/s1. The van der Waals surface area contributed by atoms with Gasteiger partial charge in [0.25, 0.3) is 0 Å². The van der Waals surface area contributed by atoms with Crippen molar-refractivity contribution in [2.75, 3.05) is 25.5 Å². The number of nitrogens with zero attached hydrogens (tertiary/aromatic N) is 7. The maximum absolute atomic E-state index is 13.7. The summed E-state index contributed by atoms with van der Waals surface area (Å²) in [6.07, 6.45) is 3.74. The largest absolute Gasteiger partial charge is 0.479 e. The number of halogens is 1. The summed E-state index contributed by atoms with van der Waals surface area (Å²) in [6.45, 7) is 5.59. The molecule has 14 nitrogen and oxygen atoms in total. The topological polar surface area (TPSA) is 165 Å². The molecule has 1 fully saturated rings. The highest BCUT2D eigenvalue weighted by molar-refractivity contribution is 7.93. The van der Waals surface area contributed by atoms with E-state index in [2.05, 4.69) is 34.9 Å². The van der Waals surface area contributed by atoms with Gasteiger partial charge in [-0.2, -0.15) is 9.97 Å². The second-order valence-corrected chi connectivity index (χ2v) is 11.2. The third-order valence-corrected chi connectivity index (χ3v) is 7.62. The van der Waals surface area contributed by atoms with Gasteiger partial charge >= 0.3 is 0 Å². The molecule has 4 heterocycles. The zero-order valence-corrected chi connectivity index (χ0v) is 23.1. The molecule has 3 aromatic rings. The second-order valence-electron chi connectivity index (χ2n) is 8.68. The summed E-state index contributed by atoms with van der Waals surface area (Å²) < 4.78 is 54.0. The number of hydrogen-bond donors (Lipinski definition) is 1. The molecule has 1 aliphatic heterocycles. The van der Waals surface area contributed by atoms with Crippen LogP contribution >= 0.6 is 11.6 Å². The van der Waals surface area contributed by atoms with Crippen molar-refractivity contribution in [2.24, 2.45) is 0 Å². The Morgan fingerprint density at radius 2 is 1.74 bits per heavy atom. The Kier molecular flexibility index (Phi) is 8.60. The van der Waals surface area contributed by atoms with Crippen molar-refractivity contribution >= 4 is 27.6 Å². The van der Waals surface area contributed by atoms with E-state index < -0.39 is 27.5 Å². The van der Waals surface area contributed by atoms with Crippen molar-refractivity contribution in [2.45, 2.75) is 57.2 Å². The molecule has 1 N–H and O–H groups in total. The summed E-state index contributed by atoms with van der Waals surface area (Å²) in [6, 6.07) is 0. The van der Waals surface area contributed by atoms with Gasteiger partial charge in [0.05, 0.1) is 25.3 Å². The fourth-order valence-corrected chi connectivity index (χ4v) is 5.12. The van der Waals surface area contributed by atoms with Gasteiger partial charge in [-0.15, -0.1) is 10.2 Å². The molecule has 4 rings (SSSR count). The van der Waals surface area contributed by atoms with Crippen molar-refractivity contribution in [1.82, 2.24) is 34.7 Å². The Bertz CT molecular complexity index is 1330. The quantitative estimate of drug-likeness (QED) is 0.360. The molecule has 3 aromatic heterocycles. The minimum Gasteiger partial charge on any atom is -0.479 e. The SMILES string of the molecule is COc1ncnc(OC)c1-n1c(NS(=O)(=O)[C@@H](C)[C@@H](OC(C)C)c2ncc(Cl)cn2)nnc1[C@@H]1CCCO1. The highest BCUT2D eigenvalue weighted by Gasteiger charge is 2.37. The Morgan fingerprint density at radius 1 is 1.08 bits per heavy atom. The van der Waals surface area contributed by atoms with E-state index in [1.165, 1.54) is 44.4 Å². The smallest absolute Gasteiger partial charge is 0.245 e. The van der Waals surface area contributed by atoms with Crippen molar-refractivity contribution in [3.63, 3.8) is 0 Å². The summed E-state index contributed by atoms with van der Waals surface area (Å²) in [5, 5.41) is 7.56. The molecule has 1 aliphatic rings. The van der Waals surface area contributed by atoms with E-state index in [-0.39, 0.29) is 35.3 Å². The monoisotopic (exact) mass is 568 g/mol. The number of hydrogen-bond acceptors (Lipinski definition) is 12. The molecular formula is C22H29ClN8O6S. The lowest BCUT2D eigenvalue weighted by atomic mass is 10.2. The molecule has 1 saturated heterocycles. The van der Waals surface area contributed by atoms with Gasteiger partial charge in [0, 0.05) is 19.0 Å². The fourth-order valence-electron chi connectivity index (χ4n) is 3.94. The van der Waals surface area contributed by atoms with Crippen LogP contribution in [0.5, 0.6) is 11.8 Å². The highest BCUT2D eigenvalue weighted by Crippen LogP contribution is 2.37. The summed E-state index contributed by atoms with van der Waals surface area (Å²) in [7, 11) is -1.32. The summed E-state index contributed by atoms with van der Waals surface area (Å²) in [5.41, 5.74) is 0.217. The van der Waals surface area contributed by atoms with E-state index in [0.29, 0.717) is 23.9 Å². The van der Waals surface area contributed by atoms with Gasteiger partial charge in [-0.1, -0.05) is 11.6 Å². The van der Waals surface area contributed by atoms with Crippen LogP contribution in [0.4, 0.5) is 5.95 Å². The first-order valence-electron chi connectivity index (χ1n) is 11.8. The lowest BCUT2D eigenvalue weighted by Gasteiger charge is -2.25. The van der Waals surface area contributed by atoms with E-state index in [1.807, 2.05) is 0 Å². The number of methoxy groups -OCH3 is 2. The van der Waals surface area contributed by atoms with E-state index in [9.17, 15) is 8.42 Å². The minimum absolute atomic E-state index is 0.125. The molecule has 0 amide bonds. The van der Waals surface area contributed by atoms with Crippen molar-refractivity contribution in [3.8, 4) is 17.4 Å². The van der Waals surface area contributed by atoms with Gasteiger partial charge in [0.2, 0.25) is 27.7 Å². The molecule has 0 unspecified atom stereocenters. The minimum atomic E-state index is -4.17. The summed E-state index contributed by atoms with van der Waals surface area (Å²) >= 11 is 5.92. The van der Waals surface area contributed by atoms with Crippen LogP contribution < -0.4 is 14.2 Å². The number of anilines is 1. The number of rotatable bonds is 11. The predicted molar refractivity (Wildman–Crippen MR) is 136 cm³/mol. The molecule has 0 radical (unpaired) electrons. The third-order valence-electron chi connectivity index (χ3n) is 5.73. The number of sulfonamides is 1. The summed E-state index contributed by atoms with van der Waals surface area (Å²) in [5.74, 6) is 0.631. The third kappa shape index (κ3) is 5.80. The highest BCUT2D eigenvalue weighted by atomic mass is 35.5. The number of ether oxygens (including phenoxy) is 4. The molecule has 0 spiro atoms. The Labute approximate surface area is 225 Å². The molecule has 16 heteroatoms. The maximum atomic E-state index is 13.7. The average molecular weight is 569 g/mol. The van der Waals surface area contributed by atoms with Crippen LogP contribution in [0.1, 0.15) is 57.5 Å². The summed E-state index contributed by atoms with van der Waals surface area (Å²) in [4.78, 5) is 16.7. The van der Waals surface area contributed by atoms with Gasteiger partial charge in [0.1, 0.15) is 23.8 Å². The Hall–Kier alpha value is -3.14. The molecule has 0 saturated carbocycles. The Morgan fingerprint density at radius 3 is 2.29 bits per heavy atom. The maximum Gasteiger partial charge on any atom is 0.245 e. The second kappa shape index (κ2) is 11.7. The van der Waals surface area contributed by atoms with E-state index in [4.69, 9.17) is 30.5 Å². The molecule has 0 aromatic carbocycles. The van der Waals surface area contributed by atoms with Crippen LogP contribution in [0.25, 0.3) is 5.69 Å². The van der Waals surface area contributed by atoms with Crippen LogP contribution in [0, 0.1) is 0 Å². The van der Waals surface area contributed by atoms with E-state index in [1.54, 1.807) is 13.8 Å². The lowest BCUT2D eigenvalue weighted by Crippen LogP contribution is -2.35. The van der Waals surface area contributed by atoms with Gasteiger partial charge in [-0.3, -0.25) is 9.29 Å². The molecule has 206 valence electrons. The molecular weight excluding hydrogens is 540 g/mol. The average Bonchev–Trinajstić information content (AvgIpc) is 3.56. The predicted octanol–water partition coefficient (Wildman–Crippen LogP) is 2.67. The van der Waals surface area contributed by atoms with Crippen LogP contribution in [0.15, 0.2) is 18.7 Å². The van der Waals surface area contributed by atoms with Crippen LogP contribution in [-0.4, -0.2) is 75.3 Å². The normalized spacial score (nSPS) is 17.4. The zero-order valence-electron chi connectivity index (χ0n) is 21.5. The van der Waals surface area contributed by atoms with Gasteiger partial charge in [0.15, 0.2) is 17.3 Å². The molecule has 3 atom stereocenters. The lowest BCUT2D eigenvalue weighted by molar-refractivity contribution is 0.00154. The first-order valence-corrected chi connectivity index (χ1v) is 13.7. The van der Waals surface area contributed by atoms with Crippen molar-refractivity contribution in [3.05, 3.63) is 35.4 Å². The van der Waals surface area contributed by atoms with Crippen LogP contribution in [0.3, 0.4) is 0 Å².